The van der Waals surface area contributed by atoms with E-state index in [0.717, 1.165) is 11.3 Å². The van der Waals surface area contributed by atoms with Crippen molar-refractivity contribution in [1.82, 2.24) is 10.5 Å². The fourth-order valence-corrected chi connectivity index (χ4v) is 1.66. The number of hydrogen-bond donors (Lipinski definition) is 2. The summed E-state index contributed by atoms with van der Waals surface area (Å²) in [4.78, 5) is 11.9. The standard InChI is InChI=1S/C13H15N3O2/c1-9(14-2)10-5-3-4-6-11(10)15-13(17)12-7-8-18-16-12/h3-9,14H,1-2H3,(H,15,17). The molecular formula is C13H15N3O2. The van der Waals surface area contributed by atoms with Crippen molar-refractivity contribution >= 4 is 11.6 Å². The van der Waals surface area contributed by atoms with Gasteiger partial charge in [0, 0.05) is 17.8 Å². The lowest BCUT2D eigenvalue weighted by Gasteiger charge is -2.15. The molecule has 1 aromatic carbocycles. The molecule has 94 valence electrons. The fraction of sp³-hybridized carbons (Fsp3) is 0.231. The van der Waals surface area contributed by atoms with E-state index in [1.54, 1.807) is 0 Å². The normalized spacial score (nSPS) is 12.1. The molecule has 18 heavy (non-hydrogen) atoms. The molecule has 1 atom stereocenters. The van der Waals surface area contributed by atoms with E-state index in [1.807, 2.05) is 38.2 Å². The van der Waals surface area contributed by atoms with Crippen LogP contribution in [0.1, 0.15) is 29.0 Å². The highest BCUT2D eigenvalue weighted by Gasteiger charge is 2.13. The van der Waals surface area contributed by atoms with E-state index in [4.69, 9.17) is 0 Å². The Hall–Kier alpha value is -2.14. The summed E-state index contributed by atoms with van der Waals surface area (Å²) in [6.45, 7) is 2.03. The van der Waals surface area contributed by atoms with E-state index >= 15 is 0 Å². The van der Waals surface area contributed by atoms with Gasteiger partial charge in [-0.25, -0.2) is 0 Å². The van der Waals surface area contributed by atoms with Crippen LogP contribution in [0.3, 0.4) is 0 Å². The first-order valence-electron chi connectivity index (χ1n) is 5.70. The Kier molecular flexibility index (Phi) is 3.74. The van der Waals surface area contributed by atoms with Gasteiger partial charge in [0.1, 0.15) is 6.26 Å². The number of amides is 1. The smallest absolute Gasteiger partial charge is 0.277 e. The Bertz CT molecular complexity index is 523. The van der Waals surface area contributed by atoms with Gasteiger partial charge in [0.15, 0.2) is 5.69 Å². The second kappa shape index (κ2) is 5.46. The minimum Gasteiger partial charge on any atom is -0.364 e. The van der Waals surface area contributed by atoms with Crippen LogP contribution >= 0.6 is 0 Å². The number of hydrogen-bond acceptors (Lipinski definition) is 4. The lowest BCUT2D eigenvalue weighted by molar-refractivity contribution is 0.101. The molecule has 2 N–H and O–H groups in total. The van der Waals surface area contributed by atoms with E-state index in [2.05, 4.69) is 20.3 Å². The third kappa shape index (κ3) is 2.57. The highest BCUT2D eigenvalue weighted by atomic mass is 16.5. The second-order valence-electron chi connectivity index (χ2n) is 3.94. The van der Waals surface area contributed by atoms with Gasteiger partial charge in [0.05, 0.1) is 0 Å². The summed E-state index contributed by atoms with van der Waals surface area (Å²) < 4.78 is 4.65. The summed E-state index contributed by atoms with van der Waals surface area (Å²) in [7, 11) is 1.88. The molecule has 1 amide bonds. The van der Waals surface area contributed by atoms with E-state index < -0.39 is 0 Å². The molecule has 5 nitrogen and oxygen atoms in total. The number of anilines is 1. The number of carbonyl (C=O) groups is 1. The van der Waals surface area contributed by atoms with Crippen molar-refractivity contribution in [2.75, 3.05) is 12.4 Å². The van der Waals surface area contributed by atoms with Crippen molar-refractivity contribution in [2.24, 2.45) is 0 Å². The van der Waals surface area contributed by atoms with Gasteiger partial charge in [0.2, 0.25) is 0 Å². The molecule has 0 aliphatic carbocycles. The Morgan fingerprint density at radius 3 is 2.78 bits per heavy atom. The lowest BCUT2D eigenvalue weighted by Crippen LogP contribution is -2.18. The quantitative estimate of drug-likeness (QED) is 0.866. The van der Waals surface area contributed by atoms with Gasteiger partial charge in [0.25, 0.3) is 5.91 Å². The van der Waals surface area contributed by atoms with Crippen LogP contribution in [0.15, 0.2) is 41.1 Å². The van der Waals surface area contributed by atoms with Crippen LogP contribution < -0.4 is 10.6 Å². The maximum Gasteiger partial charge on any atom is 0.277 e. The summed E-state index contributed by atoms with van der Waals surface area (Å²) in [5.41, 5.74) is 2.06. The molecule has 1 unspecified atom stereocenters. The first-order chi connectivity index (χ1) is 8.72. The maximum absolute atomic E-state index is 11.9. The Morgan fingerprint density at radius 2 is 2.11 bits per heavy atom. The summed E-state index contributed by atoms with van der Waals surface area (Å²) in [6, 6.07) is 9.33. The minimum atomic E-state index is -0.278. The third-order valence-electron chi connectivity index (χ3n) is 2.78. The molecule has 0 radical (unpaired) electrons. The summed E-state index contributed by atoms with van der Waals surface area (Å²) in [6.07, 6.45) is 1.37. The van der Waals surface area contributed by atoms with Gasteiger partial charge >= 0.3 is 0 Å². The van der Waals surface area contributed by atoms with Gasteiger partial charge in [-0.15, -0.1) is 0 Å². The SMILES string of the molecule is CNC(C)c1ccccc1NC(=O)c1ccon1. The van der Waals surface area contributed by atoms with E-state index in [1.165, 1.54) is 12.3 Å². The average molecular weight is 245 g/mol. The number of carbonyl (C=O) groups excluding carboxylic acids is 1. The summed E-state index contributed by atoms with van der Waals surface area (Å²) in [5, 5.41) is 9.58. The first-order valence-corrected chi connectivity index (χ1v) is 5.70. The average Bonchev–Trinajstić information content (AvgIpc) is 2.92. The predicted octanol–water partition coefficient (Wildman–Crippen LogP) is 2.21. The number of aromatic nitrogens is 1. The molecule has 0 fully saturated rings. The Morgan fingerprint density at radius 1 is 1.33 bits per heavy atom. The zero-order chi connectivity index (χ0) is 13.0. The molecular weight excluding hydrogens is 230 g/mol. The van der Waals surface area contributed by atoms with Crippen molar-refractivity contribution in [1.29, 1.82) is 0 Å². The maximum atomic E-state index is 11.9. The fourth-order valence-electron chi connectivity index (χ4n) is 1.66. The largest absolute Gasteiger partial charge is 0.364 e. The van der Waals surface area contributed by atoms with Crippen LogP contribution in [-0.4, -0.2) is 18.1 Å². The molecule has 0 spiro atoms. The van der Waals surface area contributed by atoms with Gasteiger partial charge in [-0.3, -0.25) is 4.79 Å². The van der Waals surface area contributed by atoms with Crippen LogP contribution in [0.2, 0.25) is 0 Å². The highest BCUT2D eigenvalue weighted by molar-refractivity contribution is 6.03. The molecule has 0 aliphatic heterocycles. The second-order valence-corrected chi connectivity index (χ2v) is 3.94. The van der Waals surface area contributed by atoms with Crippen molar-refractivity contribution < 1.29 is 9.32 Å². The number of benzene rings is 1. The number of para-hydroxylation sites is 1. The van der Waals surface area contributed by atoms with Crippen molar-refractivity contribution in [3.63, 3.8) is 0 Å². The van der Waals surface area contributed by atoms with Gasteiger partial charge < -0.3 is 15.2 Å². The van der Waals surface area contributed by atoms with E-state index in [9.17, 15) is 4.79 Å². The van der Waals surface area contributed by atoms with Gasteiger partial charge in [-0.05, 0) is 25.6 Å². The molecule has 0 saturated carbocycles. The number of rotatable bonds is 4. The molecule has 2 aromatic rings. The van der Waals surface area contributed by atoms with Crippen LogP contribution in [-0.2, 0) is 0 Å². The number of nitrogens with zero attached hydrogens (tertiary/aromatic N) is 1. The molecule has 2 rings (SSSR count). The third-order valence-corrected chi connectivity index (χ3v) is 2.78. The molecule has 5 heteroatoms. The summed E-state index contributed by atoms with van der Waals surface area (Å²) >= 11 is 0. The molecule has 0 aliphatic rings. The Balaban J connectivity index is 2.21. The number of nitrogens with one attached hydrogen (secondary N) is 2. The molecule has 0 saturated heterocycles. The monoisotopic (exact) mass is 245 g/mol. The van der Waals surface area contributed by atoms with Crippen LogP contribution in [0.4, 0.5) is 5.69 Å². The van der Waals surface area contributed by atoms with Crippen LogP contribution in [0.25, 0.3) is 0 Å². The Labute approximate surface area is 105 Å². The van der Waals surface area contributed by atoms with Crippen molar-refractivity contribution in [3.8, 4) is 0 Å². The van der Waals surface area contributed by atoms with Crippen molar-refractivity contribution in [2.45, 2.75) is 13.0 Å². The summed E-state index contributed by atoms with van der Waals surface area (Å²) in [5.74, 6) is -0.278. The highest BCUT2D eigenvalue weighted by Crippen LogP contribution is 2.22. The van der Waals surface area contributed by atoms with Crippen LogP contribution in [0, 0.1) is 0 Å². The van der Waals surface area contributed by atoms with Gasteiger partial charge in [-0.1, -0.05) is 23.4 Å². The first kappa shape index (κ1) is 12.3. The van der Waals surface area contributed by atoms with E-state index in [0.29, 0.717) is 0 Å². The van der Waals surface area contributed by atoms with E-state index in [-0.39, 0.29) is 17.6 Å². The zero-order valence-electron chi connectivity index (χ0n) is 10.3. The van der Waals surface area contributed by atoms with Gasteiger partial charge in [-0.2, -0.15) is 0 Å². The minimum absolute atomic E-state index is 0.152. The molecule has 1 heterocycles. The lowest BCUT2D eigenvalue weighted by atomic mass is 10.1. The van der Waals surface area contributed by atoms with Crippen molar-refractivity contribution in [3.05, 3.63) is 47.9 Å². The topological polar surface area (TPSA) is 67.2 Å². The zero-order valence-corrected chi connectivity index (χ0v) is 10.3. The van der Waals surface area contributed by atoms with Crippen LogP contribution in [0.5, 0.6) is 0 Å². The predicted molar refractivity (Wildman–Crippen MR) is 68.4 cm³/mol. The molecule has 0 bridgehead atoms. The molecule has 1 aromatic heterocycles.